The summed E-state index contributed by atoms with van der Waals surface area (Å²) in [5.41, 5.74) is 10.7. The van der Waals surface area contributed by atoms with Gasteiger partial charge in [-0.25, -0.2) is 4.79 Å². The zero-order valence-electron chi connectivity index (χ0n) is 17.5. The van der Waals surface area contributed by atoms with E-state index < -0.39 is 5.97 Å². The van der Waals surface area contributed by atoms with Crippen molar-refractivity contribution in [1.29, 1.82) is 5.26 Å². The van der Waals surface area contributed by atoms with Crippen molar-refractivity contribution in [2.24, 2.45) is 5.73 Å². The van der Waals surface area contributed by atoms with Gasteiger partial charge in [-0.3, -0.25) is 0 Å². The molecule has 0 spiro atoms. The summed E-state index contributed by atoms with van der Waals surface area (Å²) in [6, 6.07) is 22.4. The van der Waals surface area contributed by atoms with Crippen LogP contribution in [0.25, 0.3) is 10.9 Å². The minimum Gasteiger partial charge on any atom is -0.489 e. The SMILES string of the molecule is N#Cc1cccc(COc2ccc3c(c2)c(CCN)cn3Cc2cccc(C(=O)O)c2)c1. The number of benzene rings is 3. The molecule has 0 bridgehead atoms. The minimum absolute atomic E-state index is 0.275. The van der Waals surface area contributed by atoms with Crippen molar-refractivity contribution in [3.05, 3.63) is 101 Å². The highest BCUT2D eigenvalue weighted by Crippen LogP contribution is 2.28. The van der Waals surface area contributed by atoms with Crippen LogP contribution in [0.1, 0.15) is 32.6 Å². The molecule has 0 aliphatic carbocycles. The molecular weight excluding hydrogens is 402 g/mol. The van der Waals surface area contributed by atoms with Gasteiger partial charge in [-0.2, -0.15) is 5.26 Å². The number of carbonyl (C=O) groups is 1. The van der Waals surface area contributed by atoms with Gasteiger partial charge in [0, 0.05) is 23.6 Å². The van der Waals surface area contributed by atoms with Crippen molar-refractivity contribution in [1.82, 2.24) is 4.57 Å². The zero-order chi connectivity index (χ0) is 22.5. The molecule has 0 saturated carbocycles. The van der Waals surface area contributed by atoms with E-state index >= 15 is 0 Å². The summed E-state index contributed by atoms with van der Waals surface area (Å²) < 4.78 is 8.10. The molecule has 0 fully saturated rings. The van der Waals surface area contributed by atoms with Crippen molar-refractivity contribution < 1.29 is 14.6 Å². The average Bonchev–Trinajstić information content (AvgIpc) is 3.14. The molecule has 0 amide bonds. The normalized spacial score (nSPS) is 10.8. The van der Waals surface area contributed by atoms with Gasteiger partial charge in [0.1, 0.15) is 12.4 Å². The Kier molecular flexibility index (Phi) is 6.20. The first kappa shape index (κ1) is 21.2. The molecule has 0 aliphatic heterocycles. The number of hydrogen-bond donors (Lipinski definition) is 2. The predicted molar refractivity (Wildman–Crippen MR) is 123 cm³/mol. The molecule has 6 nitrogen and oxygen atoms in total. The molecule has 160 valence electrons. The third kappa shape index (κ3) is 4.64. The molecule has 0 atom stereocenters. The third-order valence-electron chi connectivity index (χ3n) is 5.34. The van der Waals surface area contributed by atoms with Crippen molar-refractivity contribution in [3.63, 3.8) is 0 Å². The van der Waals surface area contributed by atoms with Crippen LogP contribution in [0.5, 0.6) is 5.75 Å². The molecular formula is C26H23N3O3. The quantitative estimate of drug-likeness (QED) is 0.437. The van der Waals surface area contributed by atoms with Gasteiger partial charge in [-0.05, 0) is 72.1 Å². The summed E-state index contributed by atoms with van der Waals surface area (Å²) >= 11 is 0. The number of nitrogens with zero attached hydrogens (tertiary/aromatic N) is 2. The highest BCUT2D eigenvalue weighted by molar-refractivity contribution is 5.88. The third-order valence-corrected chi connectivity index (χ3v) is 5.34. The lowest BCUT2D eigenvalue weighted by atomic mass is 10.1. The summed E-state index contributed by atoms with van der Waals surface area (Å²) in [4.78, 5) is 11.3. The number of ether oxygens (including phenoxy) is 1. The number of fused-ring (bicyclic) bond motifs is 1. The van der Waals surface area contributed by atoms with Crippen LogP contribution in [0.2, 0.25) is 0 Å². The van der Waals surface area contributed by atoms with Crippen LogP contribution in [0.15, 0.2) is 72.9 Å². The Hall–Kier alpha value is -4.08. The van der Waals surface area contributed by atoms with Gasteiger partial charge in [-0.1, -0.05) is 24.3 Å². The highest BCUT2D eigenvalue weighted by atomic mass is 16.5. The van der Waals surface area contributed by atoms with E-state index in [0.717, 1.165) is 39.8 Å². The fraction of sp³-hybridized carbons (Fsp3) is 0.154. The Morgan fingerprint density at radius 2 is 1.88 bits per heavy atom. The van der Waals surface area contributed by atoms with E-state index in [1.54, 1.807) is 24.3 Å². The van der Waals surface area contributed by atoms with Crippen molar-refractivity contribution in [2.45, 2.75) is 19.6 Å². The number of rotatable bonds is 8. The van der Waals surface area contributed by atoms with Crippen molar-refractivity contribution in [2.75, 3.05) is 6.54 Å². The number of aromatic carboxylic acids is 1. The van der Waals surface area contributed by atoms with Gasteiger partial charge in [-0.15, -0.1) is 0 Å². The Morgan fingerprint density at radius 1 is 1.06 bits per heavy atom. The molecule has 0 unspecified atom stereocenters. The van der Waals surface area contributed by atoms with E-state index in [0.29, 0.717) is 25.3 Å². The monoisotopic (exact) mass is 425 g/mol. The van der Waals surface area contributed by atoms with E-state index in [-0.39, 0.29) is 5.56 Å². The molecule has 4 rings (SSSR count). The molecule has 0 saturated heterocycles. The second kappa shape index (κ2) is 9.38. The van der Waals surface area contributed by atoms with Crippen LogP contribution in [-0.2, 0) is 19.6 Å². The van der Waals surface area contributed by atoms with Crippen LogP contribution in [0.4, 0.5) is 0 Å². The number of nitrogens with two attached hydrogens (primary N) is 1. The maximum Gasteiger partial charge on any atom is 0.335 e. The first-order chi connectivity index (χ1) is 15.6. The van der Waals surface area contributed by atoms with Crippen molar-refractivity contribution in [3.8, 4) is 11.8 Å². The second-order valence-electron chi connectivity index (χ2n) is 7.61. The van der Waals surface area contributed by atoms with E-state index in [2.05, 4.69) is 16.8 Å². The Bertz CT molecular complexity index is 1320. The lowest BCUT2D eigenvalue weighted by Crippen LogP contribution is -2.03. The topological polar surface area (TPSA) is 101 Å². The van der Waals surface area contributed by atoms with Crippen LogP contribution < -0.4 is 10.5 Å². The molecule has 32 heavy (non-hydrogen) atoms. The van der Waals surface area contributed by atoms with Gasteiger partial charge >= 0.3 is 5.97 Å². The lowest BCUT2D eigenvalue weighted by molar-refractivity contribution is 0.0696. The molecule has 1 aromatic heterocycles. The van der Waals surface area contributed by atoms with Gasteiger partial charge in [0.25, 0.3) is 0 Å². The summed E-state index contributed by atoms with van der Waals surface area (Å²) in [5.74, 6) is -0.195. The van der Waals surface area contributed by atoms with Gasteiger partial charge in [0.15, 0.2) is 0 Å². The van der Waals surface area contributed by atoms with E-state index in [1.807, 2.05) is 42.5 Å². The number of nitriles is 1. The molecule has 0 aliphatic rings. The van der Waals surface area contributed by atoms with Crippen LogP contribution in [-0.4, -0.2) is 22.2 Å². The van der Waals surface area contributed by atoms with Gasteiger partial charge in [0.05, 0.1) is 17.2 Å². The number of aromatic nitrogens is 1. The molecule has 3 N–H and O–H groups in total. The van der Waals surface area contributed by atoms with Crippen LogP contribution in [0, 0.1) is 11.3 Å². The highest BCUT2D eigenvalue weighted by Gasteiger charge is 2.11. The fourth-order valence-corrected chi connectivity index (χ4v) is 3.82. The standard InChI is InChI=1S/C26H23N3O3/c27-10-9-22-16-29(15-19-4-2-6-21(12-19)26(30)31)25-8-7-23(13-24(22)25)32-17-20-5-1-3-18(11-20)14-28/h1-8,11-13,16H,9-10,15,17,27H2,(H,30,31). The molecule has 0 radical (unpaired) electrons. The maximum atomic E-state index is 11.3. The Labute approximate surface area is 186 Å². The number of carboxylic acids is 1. The van der Waals surface area contributed by atoms with Crippen LogP contribution in [0.3, 0.4) is 0 Å². The minimum atomic E-state index is -0.935. The molecule has 4 aromatic rings. The Balaban J connectivity index is 1.61. The van der Waals surface area contributed by atoms with Gasteiger partial charge < -0.3 is 20.1 Å². The van der Waals surface area contributed by atoms with Crippen molar-refractivity contribution >= 4 is 16.9 Å². The summed E-state index contributed by atoms with van der Waals surface area (Å²) in [5, 5.41) is 19.4. The second-order valence-corrected chi connectivity index (χ2v) is 7.61. The smallest absolute Gasteiger partial charge is 0.335 e. The lowest BCUT2D eigenvalue weighted by Gasteiger charge is -2.09. The van der Waals surface area contributed by atoms with E-state index in [1.165, 1.54) is 0 Å². The van der Waals surface area contributed by atoms with E-state index in [9.17, 15) is 9.90 Å². The molecule has 1 heterocycles. The predicted octanol–water partition coefficient (Wildman–Crippen LogP) is 4.34. The number of hydrogen-bond acceptors (Lipinski definition) is 4. The maximum absolute atomic E-state index is 11.3. The summed E-state index contributed by atoms with van der Waals surface area (Å²) in [6.45, 7) is 1.46. The summed E-state index contributed by atoms with van der Waals surface area (Å²) in [7, 11) is 0. The average molecular weight is 425 g/mol. The van der Waals surface area contributed by atoms with Gasteiger partial charge in [0.2, 0.25) is 0 Å². The van der Waals surface area contributed by atoms with Crippen LogP contribution >= 0.6 is 0 Å². The molecule has 6 heteroatoms. The zero-order valence-corrected chi connectivity index (χ0v) is 17.5. The fourth-order valence-electron chi connectivity index (χ4n) is 3.82. The Morgan fingerprint density at radius 3 is 2.66 bits per heavy atom. The number of carboxylic acid groups (broad SMARTS) is 1. The first-order valence-electron chi connectivity index (χ1n) is 10.3. The van der Waals surface area contributed by atoms with E-state index in [4.69, 9.17) is 15.7 Å². The molecule has 3 aromatic carbocycles. The largest absolute Gasteiger partial charge is 0.489 e. The summed E-state index contributed by atoms with van der Waals surface area (Å²) in [6.07, 6.45) is 2.80. The first-order valence-corrected chi connectivity index (χ1v) is 10.3.